The average Bonchev–Trinajstić information content (AvgIpc) is 2.75. The number of urea groups is 1. The number of hydrogen-bond acceptors (Lipinski definition) is 6. The summed E-state index contributed by atoms with van der Waals surface area (Å²) in [6.07, 6.45) is 0.811. The largest absolute Gasteiger partial charge is 0.438 e. The van der Waals surface area contributed by atoms with Crippen LogP contribution in [0.2, 0.25) is 5.02 Å². The molecule has 0 aromatic heterocycles. The molecule has 0 aliphatic carbocycles. The molecule has 1 saturated heterocycles. The molecule has 3 unspecified atom stereocenters. The number of carbonyl (C=O) groups is 3. The second-order valence-corrected chi connectivity index (χ2v) is 11.5. The molecule has 1 heterocycles. The molecule has 1 aliphatic rings. The zero-order valence-electron chi connectivity index (χ0n) is 21.4. The number of esters is 1. The van der Waals surface area contributed by atoms with Crippen molar-refractivity contribution in [3.8, 4) is 0 Å². The Kier molecular flexibility index (Phi) is 9.90. The SMILES string of the molecule is CC(C)C(NC(=O)NC(C)(C)OC(=O)C(N)CS)C(=O)N1CCC(c2ccc(Cl)cc2)C(C)(C)C1. The van der Waals surface area contributed by atoms with E-state index >= 15 is 0 Å². The van der Waals surface area contributed by atoms with Crippen LogP contribution in [-0.4, -0.2) is 59.5 Å². The van der Waals surface area contributed by atoms with E-state index in [0.29, 0.717) is 18.1 Å². The van der Waals surface area contributed by atoms with Crippen LogP contribution in [0.5, 0.6) is 0 Å². The highest BCUT2D eigenvalue weighted by atomic mass is 35.5. The van der Waals surface area contributed by atoms with Gasteiger partial charge in [0.2, 0.25) is 5.91 Å². The second kappa shape index (κ2) is 11.8. The number of rotatable bonds is 8. The van der Waals surface area contributed by atoms with Gasteiger partial charge in [0, 0.05) is 23.9 Å². The summed E-state index contributed by atoms with van der Waals surface area (Å²) in [6.45, 7) is 12.3. The van der Waals surface area contributed by atoms with Crippen molar-refractivity contribution in [3.05, 3.63) is 34.9 Å². The molecule has 3 atom stereocenters. The van der Waals surface area contributed by atoms with Gasteiger partial charge < -0.3 is 26.0 Å². The van der Waals surface area contributed by atoms with E-state index in [9.17, 15) is 14.4 Å². The molecule has 35 heavy (non-hydrogen) atoms. The van der Waals surface area contributed by atoms with Gasteiger partial charge in [-0.25, -0.2) is 4.79 Å². The summed E-state index contributed by atoms with van der Waals surface area (Å²) in [6, 6.07) is 5.65. The lowest BCUT2D eigenvalue weighted by atomic mass is 9.70. The van der Waals surface area contributed by atoms with Crippen LogP contribution >= 0.6 is 24.2 Å². The summed E-state index contributed by atoms with van der Waals surface area (Å²) in [4.78, 5) is 40.0. The van der Waals surface area contributed by atoms with E-state index in [1.807, 2.05) is 43.0 Å². The van der Waals surface area contributed by atoms with Gasteiger partial charge in [0.25, 0.3) is 0 Å². The summed E-state index contributed by atoms with van der Waals surface area (Å²) in [5, 5.41) is 6.07. The van der Waals surface area contributed by atoms with Crippen LogP contribution in [0, 0.1) is 11.3 Å². The zero-order chi connectivity index (χ0) is 26.6. The molecular weight excluding hydrogens is 488 g/mol. The number of carbonyl (C=O) groups excluding carboxylic acids is 3. The Bertz CT molecular complexity index is 907. The molecule has 1 aromatic carbocycles. The first-order valence-corrected chi connectivity index (χ1v) is 12.9. The topological polar surface area (TPSA) is 114 Å². The first kappa shape index (κ1) is 29.3. The van der Waals surface area contributed by atoms with Gasteiger partial charge >= 0.3 is 12.0 Å². The van der Waals surface area contributed by atoms with Crippen LogP contribution in [0.1, 0.15) is 59.4 Å². The predicted molar refractivity (Wildman–Crippen MR) is 141 cm³/mol. The number of amides is 3. The Morgan fingerprint density at radius 3 is 2.37 bits per heavy atom. The third kappa shape index (κ3) is 8.02. The minimum absolute atomic E-state index is 0.121. The van der Waals surface area contributed by atoms with Crippen LogP contribution in [-0.2, 0) is 14.3 Å². The lowest BCUT2D eigenvalue weighted by Gasteiger charge is -2.45. The number of nitrogens with two attached hydrogens (primary N) is 1. The fourth-order valence-corrected chi connectivity index (χ4v) is 4.72. The van der Waals surface area contributed by atoms with E-state index in [4.69, 9.17) is 22.1 Å². The standard InChI is InChI=1S/C25H39ClN4O4S/c1-15(2)20(28-23(33)29-25(5,6)34-22(32)19(27)13-35)21(31)30-12-11-18(24(3,4)14-30)16-7-9-17(26)10-8-16/h7-10,15,18-20,35H,11-14,27H2,1-6H3,(H2,28,29,33). The summed E-state index contributed by atoms with van der Waals surface area (Å²) in [7, 11) is 0. The van der Waals surface area contributed by atoms with Gasteiger partial charge in [0.15, 0.2) is 5.72 Å². The molecular formula is C25H39ClN4O4S. The van der Waals surface area contributed by atoms with Crippen molar-refractivity contribution in [2.45, 2.75) is 71.7 Å². The Balaban J connectivity index is 2.05. The van der Waals surface area contributed by atoms with Crippen LogP contribution in [0.15, 0.2) is 24.3 Å². The molecule has 0 radical (unpaired) electrons. The van der Waals surface area contributed by atoms with Gasteiger partial charge in [-0.05, 0) is 55.2 Å². The third-order valence-corrected chi connectivity index (χ3v) is 6.95. The lowest BCUT2D eigenvalue weighted by molar-refractivity contribution is -0.159. The van der Waals surface area contributed by atoms with E-state index in [1.165, 1.54) is 19.4 Å². The van der Waals surface area contributed by atoms with E-state index in [1.54, 1.807) is 0 Å². The third-order valence-electron chi connectivity index (χ3n) is 6.30. The van der Waals surface area contributed by atoms with Crippen LogP contribution in [0.4, 0.5) is 4.79 Å². The number of halogens is 1. The fraction of sp³-hybridized carbons (Fsp3) is 0.640. The molecule has 2 rings (SSSR count). The Labute approximate surface area is 219 Å². The van der Waals surface area contributed by atoms with Crippen molar-refractivity contribution in [1.29, 1.82) is 0 Å². The quantitative estimate of drug-likeness (QED) is 0.235. The minimum atomic E-state index is -1.31. The Morgan fingerprint density at radius 1 is 1.26 bits per heavy atom. The molecule has 196 valence electrons. The van der Waals surface area contributed by atoms with Crippen molar-refractivity contribution in [3.63, 3.8) is 0 Å². The maximum atomic E-state index is 13.5. The zero-order valence-corrected chi connectivity index (χ0v) is 23.1. The minimum Gasteiger partial charge on any atom is -0.438 e. The number of thiol groups is 1. The van der Waals surface area contributed by atoms with Gasteiger partial charge in [-0.15, -0.1) is 0 Å². The molecule has 0 saturated carbocycles. The first-order chi connectivity index (χ1) is 16.2. The van der Waals surface area contributed by atoms with Gasteiger partial charge in [-0.1, -0.05) is 51.4 Å². The summed E-state index contributed by atoms with van der Waals surface area (Å²) in [5.74, 6) is -0.543. The van der Waals surface area contributed by atoms with Crippen molar-refractivity contribution in [2.75, 3.05) is 18.8 Å². The molecule has 1 fully saturated rings. The van der Waals surface area contributed by atoms with Crippen molar-refractivity contribution >= 4 is 42.1 Å². The van der Waals surface area contributed by atoms with Crippen molar-refractivity contribution in [2.24, 2.45) is 17.1 Å². The number of nitrogens with zero attached hydrogens (tertiary/aromatic N) is 1. The van der Waals surface area contributed by atoms with Crippen LogP contribution in [0.3, 0.4) is 0 Å². The molecule has 8 nitrogen and oxygen atoms in total. The highest BCUT2D eigenvalue weighted by Gasteiger charge is 2.41. The van der Waals surface area contributed by atoms with Gasteiger partial charge in [0.1, 0.15) is 12.1 Å². The number of ether oxygens (including phenoxy) is 1. The van der Waals surface area contributed by atoms with Gasteiger partial charge in [-0.2, -0.15) is 12.6 Å². The van der Waals surface area contributed by atoms with Crippen LogP contribution < -0.4 is 16.4 Å². The number of benzene rings is 1. The number of likely N-dealkylation sites (tertiary alicyclic amines) is 1. The number of nitrogens with one attached hydrogen (secondary N) is 2. The molecule has 0 bridgehead atoms. The number of hydrogen-bond donors (Lipinski definition) is 4. The van der Waals surface area contributed by atoms with E-state index in [2.05, 4.69) is 37.1 Å². The molecule has 1 aliphatic heterocycles. The maximum absolute atomic E-state index is 13.5. The summed E-state index contributed by atoms with van der Waals surface area (Å²) >= 11 is 10.0. The van der Waals surface area contributed by atoms with E-state index < -0.39 is 29.8 Å². The van der Waals surface area contributed by atoms with Crippen molar-refractivity contribution in [1.82, 2.24) is 15.5 Å². The summed E-state index contributed by atoms with van der Waals surface area (Å²) in [5.41, 5.74) is 5.37. The smallest absolute Gasteiger partial charge is 0.325 e. The Hall–Kier alpha value is -1.97. The number of piperidine rings is 1. The first-order valence-electron chi connectivity index (χ1n) is 11.9. The highest BCUT2D eigenvalue weighted by Crippen LogP contribution is 2.42. The lowest BCUT2D eigenvalue weighted by Crippen LogP contribution is -2.59. The molecule has 1 aromatic rings. The molecule has 4 N–H and O–H groups in total. The van der Waals surface area contributed by atoms with Crippen LogP contribution in [0.25, 0.3) is 0 Å². The fourth-order valence-electron chi connectivity index (χ4n) is 4.45. The Morgan fingerprint density at radius 2 is 1.86 bits per heavy atom. The molecule has 10 heteroatoms. The van der Waals surface area contributed by atoms with E-state index in [-0.39, 0.29) is 28.9 Å². The van der Waals surface area contributed by atoms with E-state index in [0.717, 1.165) is 6.42 Å². The maximum Gasteiger partial charge on any atom is 0.325 e. The van der Waals surface area contributed by atoms with Gasteiger partial charge in [0.05, 0.1) is 0 Å². The second-order valence-electron chi connectivity index (χ2n) is 10.7. The molecule has 0 spiro atoms. The molecule has 3 amide bonds. The van der Waals surface area contributed by atoms with Gasteiger partial charge in [-0.3, -0.25) is 9.59 Å². The highest BCUT2D eigenvalue weighted by molar-refractivity contribution is 7.80. The van der Waals surface area contributed by atoms with Crippen molar-refractivity contribution < 1.29 is 19.1 Å². The normalized spacial score (nSPS) is 19.6. The predicted octanol–water partition coefficient (Wildman–Crippen LogP) is 3.54. The monoisotopic (exact) mass is 526 g/mol. The average molecular weight is 527 g/mol. The summed E-state index contributed by atoms with van der Waals surface area (Å²) < 4.78 is 5.28.